The van der Waals surface area contributed by atoms with Gasteiger partial charge in [0.25, 0.3) is 5.91 Å². The quantitative estimate of drug-likeness (QED) is 0.418. The standard InChI is InChI=1S/C27H33N5O3/c1-4-34-23-14-9-20(18-24(23)35-5-2)26(33)29-21-10-12-22(13-11-21)30-27-28-19(3)17-25(31-27)32-15-7-6-8-16-32/h9-14,17-18H,4-8,15-16H2,1-3H3,(H,29,33)(H,28,30,31). The van der Waals surface area contributed by atoms with Crippen LogP contribution in [0.1, 0.15) is 49.2 Å². The van der Waals surface area contributed by atoms with E-state index in [1.165, 1.54) is 19.3 Å². The number of aromatic nitrogens is 2. The molecular weight excluding hydrogens is 442 g/mol. The molecule has 4 rings (SSSR count). The molecule has 2 heterocycles. The molecule has 0 atom stereocenters. The lowest BCUT2D eigenvalue weighted by molar-refractivity contribution is 0.102. The van der Waals surface area contributed by atoms with Crippen LogP contribution in [0.15, 0.2) is 48.5 Å². The van der Waals surface area contributed by atoms with Crippen LogP contribution in [-0.4, -0.2) is 42.2 Å². The van der Waals surface area contributed by atoms with Crippen molar-refractivity contribution in [3.05, 3.63) is 59.8 Å². The van der Waals surface area contributed by atoms with E-state index in [-0.39, 0.29) is 5.91 Å². The zero-order valence-corrected chi connectivity index (χ0v) is 20.6. The second-order valence-electron chi connectivity index (χ2n) is 8.42. The number of anilines is 4. The molecule has 0 aliphatic carbocycles. The summed E-state index contributed by atoms with van der Waals surface area (Å²) in [6, 6.07) is 14.7. The third kappa shape index (κ3) is 6.41. The van der Waals surface area contributed by atoms with Crippen LogP contribution >= 0.6 is 0 Å². The first kappa shape index (κ1) is 24.3. The summed E-state index contributed by atoms with van der Waals surface area (Å²) in [6.45, 7) is 8.87. The van der Waals surface area contributed by atoms with Gasteiger partial charge in [-0.05, 0) is 82.5 Å². The number of rotatable bonds is 9. The lowest BCUT2D eigenvalue weighted by atomic mass is 10.1. The van der Waals surface area contributed by atoms with Gasteiger partial charge in [-0.25, -0.2) is 4.98 Å². The largest absolute Gasteiger partial charge is 0.490 e. The van der Waals surface area contributed by atoms with Gasteiger partial charge in [-0.15, -0.1) is 0 Å². The van der Waals surface area contributed by atoms with Crippen molar-refractivity contribution in [3.8, 4) is 11.5 Å². The Morgan fingerprint density at radius 3 is 2.29 bits per heavy atom. The van der Waals surface area contributed by atoms with Crippen molar-refractivity contribution in [2.45, 2.75) is 40.0 Å². The summed E-state index contributed by atoms with van der Waals surface area (Å²) in [5.74, 6) is 2.50. The molecule has 0 saturated carbocycles. The second-order valence-corrected chi connectivity index (χ2v) is 8.42. The Morgan fingerprint density at radius 2 is 1.57 bits per heavy atom. The zero-order chi connectivity index (χ0) is 24.6. The number of hydrogen-bond donors (Lipinski definition) is 2. The van der Waals surface area contributed by atoms with Crippen molar-refractivity contribution >= 4 is 29.0 Å². The van der Waals surface area contributed by atoms with Crippen LogP contribution in [0.3, 0.4) is 0 Å². The molecule has 0 spiro atoms. The normalized spacial score (nSPS) is 13.3. The fraction of sp³-hybridized carbons (Fsp3) is 0.370. The van der Waals surface area contributed by atoms with Crippen molar-refractivity contribution in [1.29, 1.82) is 0 Å². The maximum Gasteiger partial charge on any atom is 0.255 e. The number of ether oxygens (including phenoxy) is 2. The van der Waals surface area contributed by atoms with Gasteiger partial charge in [-0.2, -0.15) is 4.98 Å². The minimum atomic E-state index is -0.220. The van der Waals surface area contributed by atoms with Crippen LogP contribution in [0, 0.1) is 6.92 Å². The van der Waals surface area contributed by atoms with E-state index in [1.807, 2.05) is 51.1 Å². The monoisotopic (exact) mass is 475 g/mol. The van der Waals surface area contributed by atoms with E-state index in [2.05, 4.69) is 20.5 Å². The van der Waals surface area contributed by atoms with Gasteiger partial charge >= 0.3 is 0 Å². The van der Waals surface area contributed by atoms with Crippen LogP contribution in [0.5, 0.6) is 11.5 Å². The van der Waals surface area contributed by atoms with Gasteiger partial charge in [0.05, 0.1) is 13.2 Å². The van der Waals surface area contributed by atoms with Gasteiger partial charge in [0, 0.05) is 41.8 Å². The number of carbonyl (C=O) groups is 1. The van der Waals surface area contributed by atoms with E-state index in [1.54, 1.807) is 18.2 Å². The topological polar surface area (TPSA) is 88.6 Å². The van der Waals surface area contributed by atoms with E-state index in [0.717, 1.165) is 30.3 Å². The number of aryl methyl sites for hydroxylation is 1. The van der Waals surface area contributed by atoms with Gasteiger partial charge in [-0.1, -0.05) is 0 Å². The summed E-state index contributed by atoms with van der Waals surface area (Å²) in [7, 11) is 0. The second kappa shape index (κ2) is 11.6. The first-order chi connectivity index (χ1) is 17.1. The van der Waals surface area contributed by atoms with Crippen molar-refractivity contribution in [2.75, 3.05) is 41.8 Å². The zero-order valence-electron chi connectivity index (χ0n) is 20.6. The fourth-order valence-electron chi connectivity index (χ4n) is 4.05. The van der Waals surface area contributed by atoms with E-state index < -0.39 is 0 Å². The highest BCUT2D eigenvalue weighted by atomic mass is 16.5. The molecule has 184 valence electrons. The molecule has 1 fully saturated rings. The summed E-state index contributed by atoms with van der Waals surface area (Å²) in [6.07, 6.45) is 3.67. The molecule has 1 amide bonds. The van der Waals surface area contributed by atoms with Crippen molar-refractivity contribution < 1.29 is 14.3 Å². The van der Waals surface area contributed by atoms with Crippen LogP contribution in [0.25, 0.3) is 0 Å². The molecule has 8 heteroatoms. The van der Waals surface area contributed by atoms with Gasteiger partial charge in [0.1, 0.15) is 5.82 Å². The smallest absolute Gasteiger partial charge is 0.255 e. The van der Waals surface area contributed by atoms with E-state index in [9.17, 15) is 4.79 Å². The lowest BCUT2D eigenvalue weighted by Crippen LogP contribution is -2.30. The van der Waals surface area contributed by atoms with Crippen molar-refractivity contribution in [2.24, 2.45) is 0 Å². The summed E-state index contributed by atoms with van der Waals surface area (Å²) >= 11 is 0. The maximum atomic E-state index is 12.8. The molecule has 0 radical (unpaired) electrons. The van der Waals surface area contributed by atoms with Crippen LogP contribution in [0.2, 0.25) is 0 Å². The Kier molecular flexibility index (Phi) is 8.03. The fourth-order valence-corrected chi connectivity index (χ4v) is 4.05. The van der Waals surface area contributed by atoms with E-state index in [0.29, 0.717) is 41.9 Å². The highest BCUT2D eigenvalue weighted by molar-refractivity contribution is 6.04. The molecule has 0 unspecified atom stereocenters. The number of hydrogen-bond acceptors (Lipinski definition) is 7. The van der Waals surface area contributed by atoms with E-state index in [4.69, 9.17) is 14.5 Å². The lowest BCUT2D eigenvalue weighted by Gasteiger charge is -2.28. The number of piperidine rings is 1. The number of carbonyl (C=O) groups excluding carboxylic acids is 1. The summed E-state index contributed by atoms with van der Waals surface area (Å²) in [5.41, 5.74) is 2.95. The SMILES string of the molecule is CCOc1ccc(C(=O)Nc2ccc(Nc3nc(C)cc(N4CCCCC4)n3)cc2)cc1OCC. The molecule has 2 N–H and O–H groups in total. The predicted octanol–water partition coefficient (Wildman–Crippen LogP) is 5.57. The Hall–Kier alpha value is -3.81. The number of nitrogens with zero attached hydrogens (tertiary/aromatic N) is 3. The highest BCUT2D eigenvalue weighted by Gasteiger charge is 2.15. The Balaban J connectivity index is 1.42. The van der Waals surface area contributed by atoms with Crippen LogP contribution in [-0.2, 0) is 0 Å². The van der Waals surface area contributed by atoms with Gasteiger partial charge in [0.15, 0.2) is 11.5 Å². The molecule has 3 aromatic rings. The molecule has 35 heavy (non-hydrogen) atoms. The predicted molar refractivity (Wildman–Crippen MR) is 139 cm³/mol. The Labute approximate surface area is 206 Å². The highest BCUT2D eigenvalue weighted by Crippen LogP contribution is 2.29. The average molecular weight is 476 g/mol. The molecule has 8 nitrogen and oxygen atoms in total. The number of amides is 1. The molecule has 1 aliphatic rings. The van der Waals surface area contributed by atoms with E-state index >= 15 is 0 Å². The molecule has 2 aromatic carbocycles. The summed E-state index contributed by atoms with van der Waals surface area (Å²) in [4.78, 5) is 24.4. The minimum Gasteiger partial charge on any atom is -0.490 e. The third-order valence-electron chi connectivity index (χ3n) is 5.73. The first-order valence-corrected chi connectivity index (χ1v) is 12.2. The van der Waals surface area contributed by atoms with Gasteiger partial charge in [-0.3, -0.25) is 4.79 Å². The maximum absolute atomic E-state index is 12.8. The van der Waals surface area contributed by atoms with Crippen LogP contribution < -0.4 is 25.0 Å². The number of nitrogens with one attached hydrogen (secondary N) is 2. The third-order valence-corrected chi connectivity index (χ3v) is 5.73. The van der Waals surface area contributed by atoms with Crippen molar-refractivity contribution in [3.63, 3.8) is 0 Å². The molecule has 1 saturated heterocycles. The average Bonchev–Trinajstić information content (AvgIpc) is 2.87. The Bertz CT molecular complexity index is 1140. The van der Waals surface area contributed by atoms with Crippen LogP contribution in [0.4, 0.5) is 23.1 Å². The molecule has 1 aromatic heterocycles. The molecule has 1 aliphatic heterocycles. The summed E-state index contributed by atoms with van der Waals surface area (Å²) in [5, 5.41) is 6.21. The van der Waals surface area contributed by atoms with Crippen molar-refractivity contribution in [1.82, 2.24) is 9.97 Å². The molecule has 0 bridgehead atoms. The first-order valence-electron chi connectivity index (χ1n) is 12.2. The van der Waals surface area contributed by atoms with Gasteiger partial charge in [0.2, 0.25) is 5.95 Å². The van der Waals surface area contributed by atoms with Gasteiger partial charge < -0.3 is 25.0 Å². The number of benzene rings is 2. The minimum absolute atomic E-state index is 0.220. The molecular formula is C27H33N5O3. The Morgan fingerprint density at radius 1 is 0.886 bits per heavy atom. The summed E-state index contributed by atoms with van der Waals surface area (Å²) < 4.78 is 11.2.